The van der Waals surface area contributed by atoms with Gasteiger partial charge >= 0.3 is 0 Å². The summed E-state index contributed by atoms with van der Waals surface area (Å²) in [7, 11) is 0. The zero-order chi connectivity index (χ0) is 32.3. The maximum absolute atomic E-state index is 14.1. The Morgan fingerprint density at radius 3 is 2.04 bits per heavy atom. The summed E-state index contributed by atoms with van der Waals surface area (Å²) < 4.78 is 1.93. The number of aromatic nitrogens is 2. The van der Waals surface area contributed by atoms with Gasteiger partial charge in [0.25, 0.3) is 5.91 Å². The Hall–Kier alpha value is -4.75. The number of rotatable bonds is 9. The van der Waals surface area contributed by atoms with E-state index < -0.39 is 6.04 Å². The van der Waals surface area contributed by atoms with Gasteiger partial charge in [0.15, 0.2) is 5.82 Å². The van der Waals surface area contributed by atoms with Crippen molar-refractivity contribution in [3.05, 3.63) is 126 Å². The van der Waals surface area contributed by atoms with Crippen molar-refractivity contribution >= 4 is 22.8 Å². The Bertz CT molecular complexity index is 1790. The van der Waals surface area contributed by atoms with Gasteiger partial charge in [0.05, 0.1) is 11.0 Å². The zero-order valence-electron chi connectivity index (χ0n) is 27.1. The number of piperidine rings is 1. The number of hydrogen-bond donors (Lipinski definition) is 3. The van der Waals surface area contributed by atoms with Crippen LogP contribution in [0.3, 0.4) is 0 Å². The summed E-state index contributed by atoms with van der Waals surface area (Å²) in [5, 5.41) is 10.1. The van der Waals surface area contributed by atoms with E-state index in [1.165, 1.54) is 0 Å². The van der Waals surface area contributed by atoms with Crippen LogP contribution in [0.1, 0.15) is 62.3 Å². The zero-order valence-corrected chi connectivity index (χ0v) is 27.1. The molecule has 1 aliphatic rings. The van der Waals surface area contributed by atoms with Gasteiger partial charge < -0.3 is 20.5 Å². The minimum Gasteiger partial charge on any atom is -0.351 e. The minimum absolute atomic E-state index is 0.0266. The standard InChI is InChI=1S/C39H43N5O2/c1-38(2)24-31(25-39(3,4)43-38)40-36(45)33(23-27-19-21-30(22-20-27)29-15-9-6-10-16-29)42-37(46)35-41-32-17-11-12-18-34(32)44(35)26-28-13-7-5-8-14-28/h5-22,31,33,43H,23-26H2,1-4H3,(H,40,45)(H,42,46). The fourth-order valence-electron chi connectivity index (χ4n) is 7.03. The van der Waals surface area contributed by atoms with Crippen LogP contribution in [0.25, 0.3) is 22.2 Å². The SMILES string of the molecule is CC1(C)CC(NC(=O)C(Cc2ccc(-c3ccccc3)cc2)NC(=O)c2nc3ccccc3n2Cc2ccccc2)CC(C)(C)N1. The number of amides is 2. The van der Waals surface area contributed by atoms with Crippen LogP contribution < -0.4 is 16.0 Å². The highest BCUT2D eigenvalue weighted by atomic mass is 16.2. The van der Waals surface area contributed by atoms with E-state index in [-0.39, 0.29) is 34.8 Å². The van der Waals surface area contributed by atoms with Crippen molar-refractivity contribution in [3.63, 3.8) is 0 Å². The van der Waals surface area contributed by atoms with Gasteiger partial charge in [-0.15, -0.1) is 0 Å². The first kappa shape index (κ1) is 31.2. The van der Waals surface area contributed by atoms with E-state index in [1.54, 1.807) is 0 Å². The molecule has 1 fully saturated rings. The van der Waals surface area contributed by atoms with Crippen LogP contribution in [0, 0.1) is 0 Å². The molecule has 0 saturated carbocycles. The lowest BCUT2D eigenvalue weighted by atomic mass is 9.79. The first-order valence-electron chi connectivity index (χ1n) is 16.1. The van der Waals surface area contributed by atoms with E-state index in [9.17, 15) is 9.59 Å². The van der Waals surface area contributed by atoms with E-state index in [2.05, 4.69) is 67.9 Å². The molecule has 0 aliphatic carbocycles. The molecule has 0 bridgehead atoms. The Morgan fingerprint density at radius 1 is 0.783 bits per heavy atom. The topological polar surface area (TPSA) is 88.1 Å². The lowest BCUT2D eigenvalue weighted by Crippen LogP contribution is -2.63. The summed E-state index contributed by atoms with van der Waals surface area (Å²) in [6.45, 7) is 9.15. The van der Waals surface area contributed by atoms with Gasteiger partial charge in [-0.1, -0.05) is 97.1 Å². The van der Waals surface area contributed by atoms with Crippen molar-refractivity contribution in [2.45, 2.75) is 76.7 Å². The van der Waals surface area contributed by atoms with Crippen molar-refractivity contribution in [2.24, 2.45) is 0 Å². The molecule has 7 heteroatoms. The number of nitrogens with one attached hydrogen (secondary N) is 3. The molecule has 4 aromatic carbocycles. The third-order valence-electron chi connectivity index (χ3n) is 8.70. The maximum atomic E-state index is 14.1. The van der Waals surface area contributed by atoms with Crippen LogP contribution in [0.2, 0.25) is 0 Å². The van der Waals surface area contributed by atoms with E-state index in [4.69, 9.17) is 4.98 Å². The molecule has 1 atom stereocenters. The summed E-state index contributed by atoms with van der Waals surface area (Å²) >= 11 is 0. The molecule has 1 aliphatic heterocycles. The second-order valence-corrected chi connectivity index (χ2v) is 13.8. The Balaban J connectivity index is 1.29. The van der Waals surface area contributed by atoms with Crippen LogP contribution in [-0.4, -0.2) is 44.5 Å². The van der Waals surface area contributed by atoms with Gasteiger partial charge in [-0.25, -0.2) is 4.98 Å². The number of hydrogen-bond acceptors (Lipinski definition) is 4. The Kier molecular flexibility index (Phi) is 8.78. The Labute approximate surface area is 271 Å². The summed E-state index contributed by atoms with van der Waals surface area (Å²) in [5.41, 5.74) is 5.59. The van der Waals surface area contributed by atoms with Gasteiger partial charge in [-0.2, -0.15) is 0 Å². The number of benzene rings is 4. The smallest absolute Gasteiger partial charge is 0.288 e. The monoisotopic (exact) mass is 613 g/mol. The van der Waals surface area contributed by atoms with Gasteiger partial charge in [-0.05, 0) is 74.9 Å². The van der Waals surface area contributed by atoms with E-state index in [0.717, 1.165) is 46.1 Å². The van der Waals surface area contributed by atoms with Gasteiger partial charge in [-0.3, -0.25) is 9.59 Å². The number of carbonyl (C=O) groups excluding carboxylic acids is 2. The highest BCUT2D eigenvalue weighted by molar-refractivity contribution is 5.98. The molecule has 2 heterocycles. The predicted molar refractivity (Wildman–Crippen MR) is 185 cm³/mol. The number of nitrogens with zero attached hydrogens (tertiary/aromatic N) is 2. The summed E-state index contributed by atoms with van der Waals surface area (Å²) in [4.78, 5) is 32.9. The number of carbonyl (C=O) groups is 2. The molecular formula is C39H43N5O2. The lowest BCUT2D eigenvalue weighted by Gasteiger charge is -2.46. The fraction of sp³-hybridized carbons (Fsp3) is 0.308. The molecule has 3 N–H and O–H groups in total. The van der Waals surface area contributed by atoms with E-state index >= 15 is 0 Å². The molecule has 5 aromatic rings. The highest BCUT2D eigenvalue weighted by Gasteiger charge is 2.39. The summed E-state index contributed by atoms with van der Waals surface area (Å²) in [5.74, 6) is -0.282. The van der Waals surface area contributed by atoms with Gasteiger partial charge in [0.1, 0.15) is 6.04 Å². The van der Waals surface area contributed by atoms with Crippen molar-refractivity contribution in [1.82, 2.24) is 25.5 Å². The fourth-order valence-corrected chi connectivity index (χ4v) is 7.03. The van der Waals surface area contributed by atoms with Crippen molar-refractivity contribution in [2.75, 3.05) is 0 Å². The predicted octanol–water partition coefficient (Wildman–Crippen LogP) is 6.52. The number of fused-ring (bicyclic) bond motifs is 1. The van der Waals surface area contributed by atoms with Crippen LogP contribution in [0.4, 0.5) is 0 Å². The lowest BCUT2D eigenvalue weighted by molar-refractivity contribution is -0.124. The second kappa shape index (κ2) is 12.9. The summed E-state index contributed by atoms with van der Waals surface area (Å²) in [6.07, 6.45) is 1.94. The Morgan fingerprint density at radius 2 is 1.37 bits per heavy atom. The van der Waals surface area contributed by atoms with E-state index in [1.807, 2.05) is 89.5 Å². The average Bonchev–Trinajstić information content (AvgIpc) is 3.39. The third kappa shape index (κ3) is 7.37. The molecule has 0 radical (unpaired) electrons. The molecule has 2 amide bonds. The minimum atomic E-state index is -0.791. The summed E-state index contributed by atoms with van der Waals surface area (Å²) in [6, 6.07) is 35.4. The maximum Gasteiger partial charge on any atom is 0.288 e. The van der Waals surface area contributed by atoms with Gasteiger partial charge in [0.2, 0.25) is 5.91 Å². The van der Waals surface area contributed by atoms with Crippen molar-refractivity contribution in [3.8, 4) is 11.1 Å². The van der Waals surface area contributed by atoms with Crippen LogP contribution in [0.5, 0.6) is 0 Å². The average molecular weight is 614 g/mol. The largest absolute Gasteiger partial charge is 0.351 e. The molecule has 236 valence electrons. The van der Waals surface area contributed by atoms with Crippen molar-refractivity contribution in [1.29, 1.82) is 0 Å². The first-order chi connectivity index (χ1) is 22.1. The van der Waals surface area contributed by atoms with Crippen LogP contribution in [-0.2, 0) is 17.8 Å². The third-order valence-corrected chi connectivity index (χ3v) is 8.70. The molecule has 46 heavy (non-hydrogen) atoms. The molecule has 0 spiro atoms. The number of para-hydroxylation sites is 2. The van der Waals surface area contributed by atoms with Gasteiger partial charge in [0, 0.05) is 30.1 Å². The van der Waals surface area contributed by atoms with Crippen LogP contribution in [0.15, 0.2) is 109 Å². The highest BCUT2D eigenvalue weighted by Crippen LogP contribution is 2.29. The van der Waals surface area contributed by atoms with E-state index in [0.29, 0.717) is 13.0 Å². The molecule has 1 unspecified atom stereocenters. The van der Waals surface area contributed by atoms with Crippen LogP contribution >= 0.6 is 0 Å². The molecule has 6 rings (SSSR count). The first-order valence-corrected chi connectivity index (χ1v) is 16.1. The molecule has 7 nitrogen and oxygen atoms in total. The number of imidazole rings is 1. The van der Waals surface area contributed by atoms with Crippen molar-refractivity contribution < 1.29 is 9.59 Å². The molecular weight excluding hydrogens is 570 g/mol. The molecule has 1 aromatic heterocycles. The second-order valence-electron chi connectivity index (χ2n) is 13.8. The normalized spacial score (nSPS) is 16.5. The molecule has 1 saturated heterocycles. The quantitative estimate of drug-likeness (QED) is 0.177.